The lowest BCUT2D eigenvalue weighted by molar-refractivity contribution is 0.281. The fourth-order valence-corrected chi connectivity index (χ4v) is 3.90. The average molecular weight is 330 g/mol. The fourth-order valence-electron chi connectivity index (χ4n) is 1.99. The van der Waals surface area contributed by atoms with Crippen LogP contribution in [0.15, 0.2) is 28.7 Å². The van der Waals surface area contributed by atoms with Gasteiger partial charge in [0.2, 0.25) is 0 Å². The van der Waals surface area contributed by atoms with E-state index in [0.29, 0.717) is 12.0 Å². The van der Waals surface area contributed by atoms with Crippen LogP contribution < -0.4 is 0 Å². The monoisotopic (exact) mass is 329 g/mol. The molecule has 2 rings (SSSR count). The van der Waals surface area contributed by atoms with Crippen LogP contribution in [0.1, 0.15) is 19.4 Å². The molecule has 1 nitrogen and oxygen atoms in total. The van der Waals surface area contributed by atoms with E-state index in [1.54, 1.807) is 0 Å². The highest BCUT2D eigenvalue weighted by molar-refractivity contribution is 9.10. The van der Waals surface area contributed by atoms with Crippen molar-refractivity contribution >= 4 is 44.2 Å². The van der Waals surface area contributed by atoms with E-state index in [1.807, 2.05) is 11.8 Å². The van der Waals surface area contributed by atoms with E-state index >= 15 is 0 Å². The van der Waals surface area contributed by atoms with E-state index < -0.39 is 0 Å². The van der Waals surface area contributed by atoms with Gasteiger partial charge in [0.15, 0.2) is 0 Å². The number of nitrogens with zero attached hydrogens (tertiary/aromatic N) is 1. The largest absolute Gasteiger partial charge is 0.349 e. The molecule has 0 radical (unpaired) electrons. The van der Waals surface area contributed by atoms with Gasteiger partial charge in [0.1, 0.15) is 4.32 Å². The molecule has 1 aliphatic rings. The summed E-state index contributed by atoms with van der Waals surface area (Å²) in [5, 5.41) is 0. The number of thioether (sulfide) groups is 1. The first-order valence-electron chi connectivity index (χ1n) is 5.76. The minimum Gasteiger partial charge on any atom is -0.349 e. The van der Waals surface area contributed by atoms with Gasteiger partial charge in [0.05, 0.1) is 0 Å². The molecular formula is C13H16BrNS2. The van der Waals surface area contributed by atoms with Crippen LogP contribution in [0, 0.1) is 5.92 Å². The van der Waals surface area contributed by atoms with Crippen molar-refractivity contribution in [3.05, 3.63) is 34.3 Å². The first-order chi connectivity index (χ1) is 8.08. The van der Waals surface area contributed by atoms with Gasteiger partial charge in [-0.3, -0.25) is 0 Å². The van der Waals surface area contributed by atoms with Gasteiger partial charge in [-0.2, -0.15) is 0 Å². The summed E-state index contributed by atoms with van der Waals surface area (Å²) in [7, 11) is 0. The van der Waals surface area contributed by atoms with Gasteiger partial charge in [-0.25, -0.2) is 0 Å². The zero-order valence-corrected chi connectivity index (χ0v) is 13.2. The van der Waals surface area contributed by atoms with E-state index in [-0.39, 0.29) is 0 Å². The van der Waals surface area contributed by atoms with Crippen molar-refractivity contribution in [3.8, 4) is 0 Å². The first kappa shape index (κ1) is 13.4. The predicted molar refractivity (Wildman–Crippen MR) is 83.4 cm³/mol. The van der Waals surface area contributed by atoms with Gasteiger partial charge >= 0.3 is 0 Å². The molecule has 1 aliphatic heterocycles. The molecular weight excluding hydrogens is 314 g/mol. The molecule has 0 N–H and O–H groups in total. The maximum atomic E-state index is 5.44. The molecule has 0 amide bonds. The van der Waals surface area contributed by atoms with Crippen molar-refractivity contribution in [2.45, 2.75) is 26.4 Å². The molecule has 4 heteroatoms. The fraction of sp³-hybridized carbons (Fsp3) is 0.462. The Balaban J connectivity index is 2.10. The van der Waals surface area contributed by atoms with Crippen molar-refractivity contribution in [1.29, 1.82) is 0 Å². The minimum absolute atomic E-state index is 0.580. The molecule has 17 heavy (non-hydrogen) atoms. The third-order valence-corrected chi connectivity index (χ3v) is 5.15. The maximum Gasteiger partial charge on any atom is 0.137 e. The summed E-state index contributed by atoms with van der Waals surface area (Å²) in [6.07, 6.45) is 0. The van der Waals surface area contributed by atoms with Crippen LogP contribution in [0.3, 0.4) is 0 Å². The quantitative estimate of drug-likeness (QED) is 0.761. The summed E-state index contributed by atoms with van der Waals surface area (Å²) in [6, 6.07) is 9.08. The van der Waals surface area contributed by atoms with Gasteiger partial charge in [-0.1, -0.05) is 65.9 Å². The maximum absolute atomic E-state index is 5.44. The van der Waals surface area contributed by atoms with Crippen molar-refractivity contribution < 1.29 is 0 Å². The Kier molecular flexibility index (Phi) is 4.50. The van der Waals surface area contributed by atoms with Crippen LogP contribution in [0.5, 0.6) is 0 Å². The Hall–Kier alpha value is -0.0600. The zero-order chi connectivity index (χ0) is 12.4. The summed E-state index contributed by atoms with van der Waals surface area (Å²) >= 11 is 10.7. The van der Waals surface area contributed by atoms with Crippen LogP contribution >= 0.6 is 39.9 Å². The second-order valence-electron chi connectivity index (χ2n) is 4.64. The molecule has 0 aromatic heterocycles. The Bertz CT molecular complexity index is 402. The highest BCUT2D eigenvalue weighted by Crippen LogP contribution is 2.30. The number of hydrogen-bond donors (Lipinski definition) is 0. The van der Waals surface area contributed by atoms with Gasteiger partial charge < -0.3 is 4.90 Å². The smallest absolute Gasteiger partial charge is 0.137 e. The molecule has 1 heterocycles. The van der Waals surface area contributed by atoms with Crippen molar-refractivity contribution in [2.24, 2.45) is 5.92 Å². The highest BCUT2D eigenvalue weighted by atomic mass is 79.9. The second-order valence-corrected chi connectivity index (χ2v) is 7.21. The van der Waals surface area contributed by atoms with E-state index in [1.165, 1.54) is 5.56 Å². The average Bonchev–Trinajstić information content (AvgIpc) is 2.64. The number of rotatable bonds is 3. The van der Waals surface area contributed by atoms with Crippen LogP contribution in [0.4, 0.5) is 0 Å². The predicted octanol–water partition coefficient (Wildman–Crippen LogP) is 4.31. The molecule has 0 saturated carbocycles. The van der Waals surface area contributed by atoms with Gasteiger partial charge in [-0.15, -0.1) is 0 Å². The van der Waals surface area contributed by atoms with Crippen LogP contribution in [-0.2, 0) is 6.54 Å². The van der Waals surface area contributed by atoms with E-state index in [0.717, 1.165) is 21.1 Å². The third-order valence-electron chi connectivity index (χ3n) is 3.05. The summed E-state index contributed by atoms with van der Waals surface area (Å²) in [6.45, 7) is 5.48. The SMILES string of the molecule is CC(C)[C@H]1CSC(=S)N1Cc1ccc(Br)cc1. The van der Waals surface area contributed by atoms with E-state index in [9.17, 15) is 0 Å². The number of hydrogen-bond acceptors (Lipinski definition) is 2. The molecule has 0 aliphatic carbocycles. The Labute approximate surface area is 121 Å². The minimum atomic E-state index is 0.580. The Morgan fingerprint density at radius 2 is 2.06 bits per heavy atom. The lowest BCUT2D eigenvalue weighted by Crippen LogP contribution is -2.36. The first-order valence-corrected chi connectivity index (χ1v) is 7.94. The topological polar surface area (TPSA) is 3.24 Å². The number of thiocarbonyl (C=S) groups is 1. The Morgan fingerprint density at radius 1 is 1.41 bits per heavy atom. The zero-order valence-electron chi connectivity index (χ0n) is 10.0. The van der Waals surface area contributed by atoms with E-state index in [4.69, 9.17) is 12.2 Å². The van der Waals surface area contributed by atoms with Gasteiger partial charge in [0, 0.05) is 22.8 Å². The van der Waals surface area contributed by atoms with Crippen LogP contribution in [0.25, 0.3) is 0 Å². The Morgan fingerprint density at radius 3 is 2.65 bits per heavy atom. The number of halogens is 1. The lowest BCUT2D eigenvalue weighted by Gasteiger charge is -2.28. The lowest BCUT2D eigenvalue weighted by atomic mass is 10.0. The van der Waals surface area contributed by atoms with E-state index in [2.05, 4.69) is 58.9 Å². The molecule has 1 fully saturated rings. The third kappa shape index (κ3) is 3.24. The molecule has 1 aromatic rings. The van der Waals surface area contributed by atoms with Crippen molar-refractivity contribution in [2.75, 3.05) is 5.75 Å². The standard InChI is InChI=1S/C13H16BrNS2/c1-9(2)12-8-17-13(16)15(12)7-10-3-5-11(14)6-4-10/h3-6,9,12H,7-8H2,1-2H3/t12-/m1/s1. The molecule has 1 aromatic carbocycles. The highest BCUT2D eigenvalue weighted by Gasteiger charge is 2.30. The molecule has 0 unspecified atom stereocenters. The van der Waals surface area contributed by atoms with Crippen LogP contribution in [0.2, 0.25) is 0 Å². The summed E-state index contributed by atoms with van der Waals surface area (Å²) in [5.41, 5.74) is 1.32. The van der Waals surface area contributed by atoms with Crippen LogP contribution in [-0.4, -0.2) is 21.0 Å². The normalized spacial score (nSPS) is 20.4. The second kappa shape index (κ2) is 5.72. The van der Waals surface area contributed by atoms with Gasteiger partial charge in [-0.05, 0) is 23.6 Å². The molecule has 1 saturated heterocycles. The molecule has 0 bridgehead atoms. The number of benzene rings is 1. The summed E-state index contributed by atoms with van der Waals surface area (Å²) in [5.74, 6) is 1.78. The molecule has 92 valence electrons. The summed E-state index contributed by atoms with van der Waals surface area (Å²) in [4.78, 5) is 2.37. The molecule has 0 spiro atoms. The summed E-state index contributed by atoms with van der Waals surface area (Å²) < 4.78 is 2.17. The van der Waals surface area contributed by atoms with Crippen molar-refractivity contribution in [3.63, 3.8) is 0 Å². The van der Waals surface area contributed by atoms with Crippen molar-refractivity contribution in [1.82, 2.24) is 4.90 Å². The molecule has 1 atom stereocenters. The van der Waals surface area contributed by atoms with Gasteiger partial charge in [0.25, 0.3) is 0 Å².